The second-order valence-corrected chi connectivity index (χ2v) is 7.80. The normalized spacial score (nSPS) is 15.7. The Labute approximate surface area is 185 Å². The van der Waals surface area contributed by atoms with E-state index in [1.807, 2.05) is 0 Å². The van der Waals surface area contributed by atoms with E-state index in [0.29, 0.717) is 36.0 Å². The van der Waals surface area contributed by atoms with Gasteiger partial charge in [0, 0.05) is 42.7 Å². The van der Waals surface area contributed by atoms with Gasteiger partial charge >= 0.3 is 0 Å². The van der Waals surface area contributed by atoms with Gasteiger partial charge in [0.05, 0.1) is 11.6 Å². The number of benzene rings is 2. The van der Waals surface area contributed by atoms with Crippen molar-refractivity contribution in [2.45, 2.75) is 18.9 Å². The molecule has 30 heavy (non-hydrogen) atoms. The predicted octanol–water partition coefficient (Wildman–Crippen LogP) is 4.68. The van der Waals surface area contributed by atoms with E-state index in [1.54, 1.807) is 30.3 Å². The van der Waals surface area contributed by atoms with Crippen molar-refractivity contribution in [1.29, 1.82) is 0 Å². The molecular weight excluding hydrogens is 430 g/mol. The summed E-state index contributed by atoms with van der Waals surface area (Å²) in [5.74, 6) is 0.347. The Kier molecular flexibility index (Phi) is 7.82. The van der Waals surface area contributed by atoms with Gasteiger partial charge in [-0.2, -0.15) is 0 Å². The van der Waals surface area contributed by atoms with Crippen LogP contribution in [0.4, 0.5) is 4.39 Å². The maximum Gasteiger partial charge on any atom is 0.257 e. The van der Waals surface area contributed by atoms with Gasteiger partial charge in [0.2, 0.25) is 0 Å². The summed E-state index contributed by atoms with van der Waals surface area (Å²) >= 11 is 11.5. The second kappa shape index (κ2) is 10.5. The maximum atomic E-state index is 13.5. The number of ether oxygens (including phenoxy) is 2. The molecule has 0 spiro atoms. The minimum Gasteiger partial charge on any atom is -0.488 e. The highest BCUT2D eigenvalue weighted by Gasteiger charge is 2.25. The van der Waals surface area contributed by atoms with Gasteiger partial charge in [-0.25, -0.2) is 4.39 Å². The van der Waals surface area contributed by atoms with Gasteiger partial charge in [-0.1, -0.05) is 29.8 Å². The minimum absolute atomic E-state index is 0.0512. The van der Waals surface area contributed by atoms with Crippen LogP contribution in [0.1, 0.15) is 12.8 Å². The average molecular weight is 453 g/mol. The maximum absolute atomic E-state index is 13.5. The van der Waals surface area contributed by atoms with Crippen molar-refractivity contribution >= 4 is 29.1 Å². The molecule has 3 rings (SSSR count). The topological polar surface area (TPSA) is 50.8 Å². The molecule has 0 bridgehead atoms. The molecule has 1 amide bonds. The van der Waals surface area contributed by atoms with Crippen LogP contribution in [-0.2, 0) is 4.79 Å². The van der Waals surface area contributed by atoms with Crippen LogP contribution in [0.3, 0.4) is 0 Å². The number of nitrogens with one attached hydrogen (secondary N) is 1. The van der Waals surface area contributed by atoms with E-state index < -0.39 is 5.82 Å². The minimum atomic E-state index is -0.496. The number of nitrogens with zero attached hydrogens (tertiary/aromatic N) is 1. The van der Waals surface area contributed by atoms with Crippen molar-refractivity contribution in [1.82, 2.24) is 10.2 Å². The zero-order valence-corrected chi connectivity index (χ0v) is 17.9. The zero-order valence-electron chi connectivity index (χ0n) is 16.4. The molecule has 160 valence electrons. The van der Waals surface area contributed by atoms with E-state index in [9.17, 15) is 9.18 Å². The number of halogens is 3. The Morgan fingerprint density at radius 2 is 1.93 bits per heavy atom. The first kappa shape index (κ1) is 22.2. The molecule has 0 aromatic heterocycles. The van der Waals surface area contributed by atoms with Crippen LogP contribution in [-0.4, -0.2) is 43.2 Å². The standard InChI is InChI=1S/C22H23Cl2FN2O3/c1-15(8-10-26-22(28)14-29-17-4-2-16(23)3-5-17)27-11-9-19(13-27)30-18-6-7-20(24)21(25)12-18/h2-7,12,19H,1,8-11,13-14H2,(H,26,28). The van der Waals surface area contributed by atoms with Crippen LogP contribution >= 0.6 is 23.2 Å². The Balaban J connectivity index is 1.34. The number of hydrogen-bond acceptors (Lipinski definition) is 4. The smallest absolute Gasteiger partial charge is 0.257 e. The number of amides is 1. The van der Waals surface area contributed by atoms with E-state index in [-0.39, 0.29) is 23.6 Å². The van der Waals surface area contributed by atoms with Gasteiger partial charge in [0.15, 0.2) is 6.61 Å². The van der Waals surface area contributed by atoms with Crippen molar-refractivity contribution in [3.8, 4) is 11.5 Å². The lowest BCUT2D eigenvalue weighted by Gasteiger charge is -2.21. The van der Waals surface area contributed by atoms with Crippen LogP contribution in [0.2, 0.25) is 10.0 Å². The molecule has 0 saturated carbocycles. The molecule has 1 heterocycles. The SMILES string of the molecule is C=C(CCNC(=O)COc1ccc(Cl)cc1)N1CCC(Oc2ccc(Cl)c(F)c2)C1. The van der Waals surface area contributed by atoms with Crippen LogP contribution in [0.25, 0.3) is 0 Å². The van der Waals surface area contributed by atoms with E-state index >= 15 is 0 Å². The van der Waals surface area contributed by atoms with Crippen LogP contribution in [0.15, 0.2) is 54.7 Å². The summed E-state index contributed by atoms with van der Waals surface area (Å²) in [6.45, 7) is 5.96. The highest BCUT2D eigenvalue weighted by Crippen LogP contribution is 2.25. The quantitative estimate of drug-likeness (QED) is 0.599. The van der Waals surface area contributed by atoms with E-state index in [1.165, 1.54) is 12.1 Å². The first-order valence-electron chi connectivity index (χ1n) is 9.60. The average Bonchev–Trinajstić information content (AvgIpc) is 3.19. The predicted molar refractivity (Wildman–Crippen MR) is 116 cm³/mol. The number of hydrogen-bond donors (Lipinski definition) is 1. The summed E-state index contributed by atoms with van der Waals surface area (Å²) in [6, 6.07) is 11.3. The number of carbonyl (C=O) groups is 1. The highest BCUT2D eigenvalue weighted by atomic mass is 35.5. The lowest BCUT2D eigenvalue weighted by molar-refractivity contribution is -0.123. The van der Waals surface area contributed by atoms with Crippen molar-refractivity contribution in [2.75, 3.05) is 26.2 Å². The van der Waals surface area contributed by atoms with Crippen LogP contribution in [0.5, 0.6) is 11.5 Å². The van der Waals surface area contributed by atoms with Gasteiger partial charge in [-0.05, 0) is 36.4 Å². The molecule has 2 aromatic rings. The molecule has 1 aliphatic rings. The van der Waals surface area contributed by atoms with E-state index in [2.05, 4.69) is 16.8 Å². The zero-order chi connectivity index (χ0) is 21.5. The molecule has 0 aliphatic carbocycles. The summed E-state index contributed by atoms with van der Waals surface area (Å²) in [5, 5.41) is 3.50. The fraction of sp³-hybridized carbons (Fsp3) is 0.318. The fourth-order valence-electron chi connectivity index (χ4n) is 3.09. The molecular formula is C22H23Cl2FN2O3. The van der Waals surface area contributed by atoms with Crippen molar-refractivity contribution < 1.29 is 18.7 Å². The number of rotatable bonds is 9. The van der Waals surface area contributed by atoms with Gasteiger partial charge in [0.1, 0.15) is 23.4 Å². The molecule has 1 unspecified atom stereocenters. The molecule has 8 heteroatoms. The first-order chi connectivity index (χ1) is 14.4. The molecule has 2 aromatic carbocycles. The van der Waals surface area contributed by atoms with Gasteiger partial charge < -0.3 is 19.7 Å². The summed E-state index contributed by atoms with van der Waals surface area (Å²) in [4.78, 5) is 14.0. The van der Waals surface area contributed by atoms with Crippen LogP contribution < -0.4 is 14.8 Å². The number of likely N-dealkylation sites (tertiary alicyclic amines) is 1. The Hall–Kier alpha value is -2.44. The van der Waals surface area contributed by atoms with E-state index in [0.717, 1.165) is 18.7 Å². The summed E-state index contributed by atoms with van der Waals surface area (Å²) in [5.41, 5.74) is 0.919. The second-order valence-electron chi connectivity index (χ2n) is 6.96. The summed E-state index contributed by atoms with van der Waals surface area (Å²) < 4.78 is 24.8. The summed E-state index contributed by atoms with van der Waals surface area (Å²) in [7, 11) is 0. The molecule has 1 atom stereocenters. The largest absolute Gasteiger partial charge is 0.488 e. The van der Waals surface area contributed by atoms with Gasteiger partial charge in [-0.15, -0.1) is 0 Å². The molecule has 1 aliphatic heterocycles. The third-order valence-corrected chi connectivity index (χ3v) is 5.26. The fourth-order valence-corrected chi connectivity index (χ4v) is 3.33. The molecule has 1 fully saturated rings. The Morgan fingerprint density at radius 1 is 1.20 bits per heavy atom. The third-order valence-electron chi connectivity index (χ3n) is 4.71. The highest BCUT2D eigenvalue weighted by molar-refractivity contribution is 6.30. The van der Waals surface area contributed by atoms with Crippen molar-refractivity contribution in [3.05, 3.63) is 70.6 Å². The van der Waals surface area contributed by atoms with Crippen LogP contribution in [0, 0.1) is 5.82 Å². The van der Waals surface area contributed by atoms with Gasteiger partial charge in [0.25, 0.3) is 5.91 Å². The third kappa shape index (κ3) is 6.54. The Morgan fingerprint density at radius 3 is 2.67 bits per heavy atom. The monoisotopic (exact) mass is 452 g/mol. The van der Waals surface area contributed by atoms with Crippen molar-refractivity contribution in [3.63, 3.8) is 0 Å². The molecule has 0 radical (unpaired) electrons. The van der Waals surface area contributed by atoms with Gasteiger partial charge in [-0.3, -0.25) is 4.79 Å². The molecule has 1 saturated heterocycles. The summed E-state index contributed by atoms with van der Waals surface area (Å²) in [6.07, 6.45) is 1.38. The lowest BCUT2D eigenvalue weighted by Crippen LogP contribution is -2.31. The van der Waals surface area contributed by atoms with Crippen molar-refractivity contribution in [2.24, 2.45) is 0 Å². The Bertz CT molecular complexity index is 892. The van der Waals surface area contributed by atoms with E-state index in [4.69, 9.17) is 32.7 Å². The molecule has 1 N–H and O–H groups in total. The first-order valence-corrected chi connectivity index (χ1v) is 10.4. The lowest BCUT2D eigenvalue weighted by atomic mass is 10.3. The molecule has 5 nitrogen and oxygen atoms in total. The number of carbonyl (C=O) groups excluding carboxylic acids is 1.